The molecule has 11 rings (SSSR count). The summed E-state index contributed by atoms with van der Waals surface area (Å²) in [5.41, 5.74) is 8.02. The van der Waals surface area contributed by atoms with Crippen LogP contribution in [0.25, 0.3) is 108 Å². The Balaban J connectivity index is 1.30. The SMILES string of the molecule is c1ccc(-c2nc(-c3cccc4c3sc3ccccc34)nc(-c3c4c(cc5sc6ccccc6c35)-c3cccc5cccc-4c35)n2)cc1. The maximum absolute atomic E-state index is 5.45. The fraction of sp³-hybridized carbons (Fsp3) is 0. The van der Waals surface area contributed by atoms with E-state index in [0.29, 0.717) is 17.5 Å². The second-order valence-corrected chi connectivity index (χ2v) is 14.4. The highest BCUT2D eigenvalue weighted by molar-refractivity contribution is 7.26. The summed E-state index contributed by atoms with van der Waals surface area (Å²) in [6.45, 7) is 0. The summed E-state index contributed by atoms with van der Waals surface area (Å²) in [7, 11) is 0. The zero-order valence-corrected chi connectivity index (χ0v) is 27.1. The van der Waals surface area contributed by atoms with Crippen LogP contribution in [0.2, 0.25) is 0 Å². The van der Waals surface area contributed by atoms with Crippen LogP contribution in [0, 0.1) is 0 Å². The number of benzene rings is 7. The van der Waals surface area contributed by atoms with Crippen LogP contribution in [0.3, 0.4) is 0 Å². The Morgan fingerprint density at radius 2 is 1.02 bits per heavy atom. The molecule has 0 saturated heterocycles. The Morgan fingerprint density at radius 3 is 1.88 bits per heavy atom. The van der Waals surface area contributed by atoms with Crippen LogP contribution in [0.4, 0.5) is 0 Å². The van der Waals surface area contributed by atoms with Gasteiger partial charge < -0.3 is 0 Å². The van der Waals surface area contributed by atoms with Crippen LogP contribution >= 0.6 is 22.7 Å². The quantitative estimate of drug-likeness (QED) is 0.192. The minimum Gasteiger partial charge on any atom is -0.208 e. The van der Waals surface area contributed by atoms with Crippen molar-refractivity contribution in [1.29, 1.82) is 0 Å². The summed E-state index contributed by atoms with van der Waals surface area (Å²) in [6, 6.07) is 49.8. The number of hydrogen-bond donors (Lipinski definition) is 0. The van der Waals surface area contributed by atoms with Gasteiger partial charge in [0.05, 0.1) is 0 Å². The molecule has 0 aliphatic heterocycles. The first-order valence-corrected chi connectivity index (χ1v) is 17.7. The first kappa shape index (κ1) is 26.3. The molecule has 10 aromatic rings. The highest BCUT2D eigenvalue weighted by Gasteiger charge is 2.30. The van der Waals surface area contributed by atoms with Crippen molar-refractivity contribution >= 4 is 73.8 Å². The molecule has 0 atom stereocenters. The number of nitrogens with zero attached hydrogens (tertiary/aromatic N) is 3. The van der Waals surface area contributed by atoms with E-state index in [4.69, 9.17) is 15.0 Å². The third-order valence-electron chi connectivity index (χ3n) is 9.67. The van der Waals surface area contributed by atoms with Crippen LogP contribution in [0.15, 0.2) is 140 Å². The summed E-state index contributed by atoms with van der Waals surface area (Å²) < 4.78 is 4.95. The van der Waals surface area contributed by atoms with E-state index in [9.17, 15) is 0 Å². The van der Waals surface area contributed by atoms with Gasteiger partial charge in [0, 0.05) is 62.6 Å². The second-order valence-electron chi connectivity index (χ2n) is 12.3. The molecule has 0 saturated carbocycles. The van der Waals surface area contributed by atoms with Gasteiger partial charge in [0.1, 0.15) is 0 Å². The summed E-state index contributed by atoms with van der Waals surface area (Å²) in [5, 5.41) is 7.47. The fourth-order valence-corrected chi connectivity index (χ4v) is 9.99. The summed E-state index contributed by atoms with van der Waals surface area (Å²) in [5.74, 6) is 2.06. The predicted molar refractivity (Wildman–Crippen MR) is 204 cm³/mol. The molecular formula is C43H23N3S2. The molecule has 3 heterocycles. The van der Waals surface area contributed by atoms with E-state index in [0.717, 1.165) is 16.7 Å². The third kappa shape index (κ3) is 3.66. The molecule has 0 N–H and O–H groups in total. The van der Waals surface area contributed by atoms with Crippen LogP contribution in [-0.4, -0.2) is 15.0 Å². The van der Waals surface area contributed by atoms with Crippen LogP contribution in [0.1, 0.15) is 0 Å². The first-order valence-electron chi connectivity index (χ1n) is 16.0. The summed E-state index contributed by atoms with van der Waals surface area (Å²) in [6.07, 6.45) is 0. The van der Waals surface area contributed by atoms with Gasteiger partial charge in [-0.25, -0.2) is 15.0 Å². The number of hydrogen-bond acceptors (Lipinski definition) is 5. The molecule has 222 valence electrons. The van der Waals surface area contributed by atoms with Crippen LogP contribution in [-0.2, 0) is 0 Å². The van der Waals surface area contributed by atoms with Crippen molar-refractivity contribution < 1.29 is 0 Å². The molecule has 0 amide bonds. The normalized spacial score (nSPS) is 12.2. The van der Waals surface area contributed by atoms with Crippen molar-refractivity contribution in [2.24, 2.45) is 0 Å². The zero-order chi connectivity index (χ0) is 31.3. The highest BCUT2D eigenvalue weighted by Crippen LogP contribution is 2.55. The number of rotatable bonds is 3. The minimum absolute atomic E-state index is 0.674. The van der Waals surface area contributed by atoms with Gasteiger partial charge in [0.15, 0.2) is 17.5 Å². The van der Waals surface area contributed by atoms with Gasteiger partial charge in [0.25, 0.3) is 0 Å². The van der Waals surface area contributed by atoms with Gasteiger partial charge >= 0.3 is 0 Å². The van der Waals surface area contributed by atoms with Gasteiger partial charge in [-0.3, -0.25) is 0 Å². The average Bonchev–Trinajstić information content (AvgIpc) is 3.82. The summed E-state index contributed by atoms with van der Waals surface area (Å²) >= 11 is 3.64. The van der Waals surface area contributed by atoms with Crippen molar-refractivity contribution in [3.05, 3.63) is 140 Å². The predicted octanol–water partition coefficient (Wildman–Crippen LogP) is 12.4. The van der Waals surface area contributed by atoms with Gasteiger partial charge in [-0.1, -0.05) is 115 Å². The molecule has 0 radical (unpaired) electrons. The Labute approximate surface area is 283 Å². The molecule has 0 unspecified atom stereocenters. The van der Waals surface area contributed by atoms with E-state index in [1.807, 2.05) is 29.5 Å². The maximum Gasteiger partial charge on any atom is 0.165 e. The smallest absolute Gasteiger partial charge is 0.165 e. The topological polar surface area (TPSA) is 38.7 Å². The van der Waals surface area contributed by atoms with Gasteiger partial charge in [0.2, 0.25) is 0 Å². The highest BCUT2D eigenvalue weighted by atomic mass is 32.1. The zero-order valence-electron chi connectivity index (χ0n) is 25.4. The Bertz CT molecular complexity index is 2950. The van der Waals surface area contributed by atoms with E-state index in [2.05, 4.69) is 121 Å². The Morgan fingerprint density at radius 1 is 0.375 bits per heavy atom. The molecular weight excluding hydrogens is 623 g/mol. The first-order chi connectivity index (χ1) is 23.8. The van der Waals surface area contributed by atoms with E-state index in [1.165, 1.54) is 73.4 Å². The number of fused-ring (bicyclic) bond motifs is 9. The lowest BCUT2D eigenvalue weighted by Gasteiger charge is -2.14. The van der Waals surface area contributed by atoms with E-state index < -0.39 is 0 Å². The van der Waals surface area contributed by atoms with Crippen molar-refractivity contribution in [3.8, 4) is 56.4 Å². The van der Waals surface area contributed by atoms with E-state index in [1.54, 1.807) is 11.3 Å². The fourth-order valence-electron chi connectivity index (χ4n) is 7.62. The second kappa shape index (κ2) is 9.88. The molecule has 1 aliphatic rings. The lowest BCUT2D eigenvalue weighted by atomic mass is 9.93. The molecule has 7 aromatic carbocycles. The van der Waals surface area contributed by atoms with Crippen LogP contribution in [0.5, 0.6) is 0 Å². The van der Waals surface area contributed by atoms with E-state index in [-0.39, 0.29) is 0 Å². The summed E-state index contributed by atoms with van der Waals surface area (Å²) in [4.78, 5) is 16.0. The molecule has 48 heavy (non-hydrogen) atoms. The molecule has 0 spiro atoms. The largest absolute Gasteiger partial charge is 0.208 e. The minimum atomic E-state index is 0.674. The van der Waals surface area contributed by atoms with Gasteiger partial charge in [-0.05, 0) is 51.7 Å². The molecule has 0 fully saturated rings. The molecule has 1 aliphatic carbocycles. The number of thiophene rings is 2. The van der Waals surface area contributed by atoms with Gasteiger partial charge in [-0.2, -0.15) is 0 Å². The molecule has 3 nitrogen and oxygen atoms in total. The Hall–Kier alpha value is -5.75. The average molecular weight is 646 g/mol. The van der Waals surface area contributed by atoms with Gasteiger partial charge in [-0.15, -0.1) is 22.7 Å². The number of aromatic nitrogens is 3. The van der Waals surface area contributed by atoms with Crippen molar-refractivity contribution in [3.63, 3.8) is 0 Å². The standard InChI is InChI=1S/C43H23N3S2/c1-2-11-25(12-3-1)41-44-42(31-20-10-18-28-26-15-4-6-21-33(26)48-40(28)31)46-43(45-41)39-37-30-19-9-14-24-13-8-17-27(36(24)30)32(37)23-35-38(39)29-16-5-7-22-34(29)47-35/h1-23H. The third-order valence-corrected chi connectivity index (χ3v) is 12.0. The van der Waals surface area contributed by atoms with Crippen molar-refractivity contribution in [2.45, 2.75) is 0 Å². The lowest BCUT2D eigenvalue weighted by molar-refractivity contribution is 1.08. The van der Waals surface area contributed by atoms with Crippen molar-refractivity contribution in [1.82, 2.24) is 15.0 Å². The monoisotopic (exact) mass is 645 g/mol. The Kier molecular flexibility index (Phi) is 5.42. The molecule has 5 heteroatoms. The van der Waals surface area contributed by atoms with E-state index >= 15 is 0 Å². The maximum atomic E-state index is 5.45. The molecule has 3 aromatic heterocycles. The molecule has 0 bridgehead atoms. The lowest BCUT2D eigenvalue weighted by Crippen LogP contribution is -2.01. The van der Waals surface area contributed by atoms with Crippen molar-refractivity contribution in [2.75, 3.05) is 0 Å². The van der Waals surface area contributed by atoms with Crippen LogP contribution < -0.4 is 0 Å².